The van der Waals surface area contributed by atoms with Crippen LogP contribution in [-0.4, -0.2) is 33.5 Å². The third-order valence-electron chi connectivity index (χ3n) is 6.75. The Hall–Kier alpha value is -4.12. The summed E-state index contributed by atoms with van der Waals surface area (Å²) in [7, 11) is 0. The lowest BCUT2D eigenvalue weighted by Crippen LogP contribution is -2.29. The summed E-state index contributed by atoms with van der Waals surface area (Å²) in [5.41, 5.74) is 8.91. The van der Waals surface area contributed by atoms with Crippen LogP contribution in [0, 0.1) is 0 Å². The Morgan fingerprint density at radius 3 is 1.62 bits per heavy atom. The number of phenols is 2. The van der Waals surface area contributed by atoms with Gasteiger partial charge in [0.2, 0.25) is 11.8 Å². The maximum Gasteiger partial charge on any atom is 0.229 e. The number of allylic oxidation sites excluding steroid dienone is 6. The second-order valence-corrected chi connectivity index (χ2v) is 9.72. The van der Waals surface area contributed by atoms with Crippen LogP contribution in [0.4, 0.5) is 0 Å². The molecular weight excluding hydrogens is 462 g/mol. The Bertz CT molecular complexity index is 1230. The van der Waals surface area contributed by atoms with E-state index in [1.807, 2.05) is 24.3 Å². The van der Waals surface area contributed by atoms with E-state index in [9.17, 15) is 19.8 Å². The largest absolute Gasteiger partial charge is 0.508 e. The third kappa shape index (κ3) is 6.98. The lowest BCUT2D eigenvalue weighted by atomic mass is 9.90. The molecule has 1 aliphatic heterocycles. The first-order chi connectivity index (χ1) is 17.7. The van der Waals surface area contributed by atoms with E-state index in [2.05, 4.69) is 25.8 Å². The van der Waals surface area contributed by atoms with Gasteiger partial charge in [-0.3, -0.25) is 14.5 Å². The van der Waals surface area contributed by atoms with Gasteiger partial charge in [0.25, 0.3) is 0 Å². The van der Waals surface area contributed by atoms with Gasteiger partial charge in [-0.1, -0.05) is 50.1 Å². The van der Waals surface area contributed by atoms with Crippen LogP contribution in [0.3, 0.4) is 0 Å². The number of imide groups is 1. The van der Waals surface area contributed by atoms with Crippen molar-refractivity contribution in [2.45, 2.75) is 44.9 Å². The Labute approximate surface area is 218 Å². The van der Waals surface area contributed by atoms with Crippen molar-refractivity contribution in [3.8, 4) is 11.5 Å². The molecule has 2 aromatic rings. The number of carbonyl (C=O) groups excluding carboxylic acids is 2. The highest BCUT2D eigenvalue weighted by molar-refractivity contribution is 6.01. The van der Waals surface area contributed by atoms with Crippen LogP contribution in [-0.2, 0) is 9.59 Å². The molecule has 2 amide bonds. The molecule has 5 heteroatoms. The molecule has 0 unspecified atom stereocenters. The molecule has 3 aliphatic rings. The molecular formula is C32H33NO4. The predicted octanol–water partition coefficient (Wildman–Crippen LogP) is 6.61. The van der Waals surface area contributed by atoms with Crippen LogP contribution < -0.4 is 0 Å². The average Bonchev–Trinajstić information content (AvgIpc) is 3.73. The Morgan fingerprint density at radius 1 is 0.757 bits per heavy atom. The fraction of sp³-hybridized carbons (Fsp3) is 0.250. The zero-order valence-corrected chi connectivity index (χ0v) is 21.1. The number of aromatic hydroxyl groups is 2. The van der Waals surface area contributed by atoms with Crippen LogP contribution >= 0.6 is 0 Å². The summed E-state index contributed by atoms with van der Waals surface area (Å²) < 4.78 is 0. The summed E-state index contributed by atoms with van der Waals surface area (Å²) in [6.45, 7) is 11.8. The summed E-state index contributed by atoms with van der Waals surface area (Å²) in [6, 6.07) is 14.2. The number of hydrogen-bond donors (Lipinski definition) is 2. The minimum Gasteiger partial charge on any atom is -0.508 e. The number of nitrogens with zero attached hydrogens (tertiary/aromatic N) is 1. The van der Waals surface area contributed by atoms with Crippen molar-refractivity contribution in [1.82, 2.24) is 4.90 Å². The van der Waals surface area contributed by atoms with Gasteiger partial charge in [0, 0.05) is 19.4 Å². The molecule has 2 aromatic carbocycles. The number of rotatable bonds is 8. The summed E-state index contributed by atoms with van der Waals surface area (Å²) in [6.07, 6.45) is 7.15. The summed E-state index contributed by atoms with van der Waals surface area (Å²) in [5.74, 6) is 0.260. The summed E-state index contributed by atoms with van der Waals surface area (Å²) in [4.78, 5) is 25.1. The normalized spacial score (nSPS) is 17.1. The molecule has 1 saturated heterocycles. The fourth-order valence-corrected chi connectivity index (χ4v) is 4.28. The van der Waals surface area contributed by atoms with Crippen LogP contribution in [0.25, 0.3) is 5.57 Å². The molecule has 5 rings (SSSR count). The van der Waals surface area contributed by atoms with E-state index in [1.54, 1.807) is 24.3 Å². The molecule has 0 aromatic heterocycles. The SMILES string of the molecule is C=C1C/C1=C\C(CCCCN1C(=O)CCC1=O)=C(c1ccc(O)cc1)c1ccc(O)cc1.C=C1CC1=C. The number of carbonyl (C=O) groups is 2. The zero-order valence-electron chi connectivity index (χ0n) is 21.1. The number of benzene rings is 2. The molecule has 2 aliphatic carbocycles. The standard InChI is InChI=1S/C27H27NO4.C5H6/c1-18-16-22(18)17-21(4-2-3-15-28-25(31)13-14-26(28)32)27(19-5-9-23(29)10-6-19)20-7-11-24(30)12-8-20;1-4-3-5(4)2/h5-12,17,29-30H,1-4,13-16H2;1-3H2/b22-17+;. The van der Waals surface area contributed by atoms with Crippen molar-refractivity contribution >= 4 is 17.4 Å². The molecule has 0 bridgehead atoms. The molecule has 190 valence electrons. The van der Waals surface area contributed by atoms with Gasteiger partial charge in [0.15, 0.2) is 0 Å². The number of phenolic OH excluding ortho intramolecular Hbond substituents is 2. The van der Waals surface area contributed by atoms with Gasteiger partial charge in [0.05, 0.1) is 0 Å². The number of amides is 2. The van der Waals surface area contributed by atoms with Gasteiger partial charge >= 0.3 is 0 Å². The van der Waals surface area contributed by atoms with Crippen molar-refractivity contribution < 1.29 is 19.8 Å². The van der Waals surface area contributed by atoms with Crippen molar-refractivity contribution in [2.24, 2.45) is 0 Å². The predicted molar refractivity (Wildman–Crippen MR) is 147 cm³/mol. The van der Waals surface area contributed by atoms with Gasteiger partial charge in [-0.2, -0.15) is 0 Å². The van der Waals surface area contributed by atoms with Gasteiger partial charge in [-0.25, -0.2) is 0 Å². The Balaban J connectivity index is 0.000000572. The van der Waals surface area contributed by atoms with E-state index < -0.39 is 0 Å². The van der Waals surface area contributed by atoms with Gasteiger partial charge < -0.3 is 10.2 Å². The first-order valence-corrected chi connectivity index (χ1v) is 12.6. The van der Waals surface area contributed by atoms with E-state index in [0.29, 0.717) is 19.4 Å². The van der Waals surface area contributed by atoms with E-state index in [0.717, 1.165) is 60.0 Å². The van der Waals surface area contributed by atoms with Crippen molar-refractivity contribution in [1.29, 1.82) is 0 Å². The average molecular weight is 496 g/mol. The van der Waals surface area contributed by atoms with Crippen LogP contribution in [0.5, 0.6) is 11.5 Å². The van der Waals surface area contributed by atoms with E-state index in [1.165, 1.54) is 21.6 Å². The van der Waals surface area contributed by atoms with Crippen molar-refractivity contribution in [3.63, 3.8) is 0 Å². The minimum absolute atomic E-state index is 0.0731. The molecule has 2 saturated carbocycles. The molecule has 0 radical (unpaired) electrons. The quantitative estimate of drug-likeness (QED) is 0.319. The monoisotopic (exact) mass is 495 g/mol. The first kappa shape index (κ1) is 26.0. The maximum absolute atomic E-state index is 11.9. The van der Waals surface area contributed by atoms with Crippen molar-refractivity contribution in [2.75, 3.05) is 6.54 Å². The third-order valence-corrected chi connectivity index (χ3v) is 6.75. The maximum atomic E-state index is 11.9. The highest BCUT2D eigenvalue weighted by atomic mass is 16.3. The lowest BCUT2D eigenvalue weighted by Gasteiger charge is -2.16. The molecule has 1 heterocycles. The highest BCUT2D eigenvalue weighted by Crippen LogP contribution is 2.39. The molecule has 2 N–H and O–H groups in total. The van der Waals surface area contributed by atoms with E-state index in [4.69, 9.17) is 0 Å². The van der Waals surface area contributed by atoms with Crippen molar-refractivity contribution in [3.05, 3.63) is 113 Å². The highest BCUT2D eigenvalue weighted by Gasteiger charge is 2.28. The first-order valence-electron chi connectivity index (χ1n) is 12.6. The summed E-state index contributed by atoms with van der Waals surface area (Å²) in [5, 5.41) is 19.5. The minimum atomic E-state index is -0.0731. The molecule has 3 fully saturated rings. The second-order valence-electron chi connectivity index (χ2n) is 9.72. The smallest absolute Gasteiger partial charge is 0.229 e. The fourth-order valence-electron chi connectivity index (χ4n) is 4.28. The van der Waals surface area contributed by atoms with Crippen LogP contribution in [0.15, 0.2) is 102 Å². The van der Waals surface area contributed by atoms with Gasteiger partial charge in [-0.15, -0.1) is 0 Å². The number of unbranched alkanes of at least 4 members (excludes halogenated alkanes) is 1. The van der Waals surface area contributed by atoms with Gasteiger partial charge in [-0.05, 0) is 101 Å². The zero-order chi connectivity index (χ0) is 26.5. The molecule has 0 atom stereocenters. The second kappa shape index (κ2) is 11.3. The summed E-state index contributed by atoms with van der Waals surface area (Å²) >= 11 is 0. The lowest BCUT2D eigenvalue weighted by molar-refractivity contribution is -0.138. The van der Waals surface area contributed by atoms with Crippen LogP contribution in [0.1, 0.15) is 56.1 Å². The van der Waals surface area contributed by atoms with Crippen LogP contribution in [0.2, 0.25) is 0 Å². The Morgan fingerprint density at radius 2 is 1.22 bits per heavy atom. The topological polar surface area (TPSA) is 77.8 Å². The molecule has 37 heavy (non-hydrogen) atoms. The Kier molecular flexibility index (Phi) is 7.92. The molecule has 5 nitrogen and oxygen atoms in total. The molecule has 0 spiro atoms. The van der Waals surface area contributed by atoms with E-state index >= 15 is 0 Å². The number of likely N-dealkylation sites (tertiary alicyclic amines) is 1. The van der Waals surface area contributed by atoms with E-state index in [-0.39, 0.29) is 23.3 Å². The number of hydrogen-bond acceptors (Lipinski definition) is 4. The van der Waals surface area contributed by atoms with Gasteiger partial charge in [0.1, 0.15) is 11.5 Å².